The summed E-state index contributed by atoms with van der Waals surface area (Å²) >= 11 is 0. The zero-order valence-electron chi connectivity index (χ0n) is 14.7. The largest absolute Gasteiger partial charge is 0.296 e. The van der Waals surface area contributed by atoms with E-state index < -0.39 is 0 Å². The number of rotatable bonds is 8. The van der Waals surface area contributed by atoms with Gasteiger partial charge >= 0.3 is 0 Å². The lowest BCUT2D eigenvalue weighted by atomic mass is 10.1. The van der Waals surface area contributed by atoms with E-state index >= 15 is 0 Å². The molecular formula is C22H25N3. The fraction of sp³-hybridized carbons (Fsp3) is 0.182. The third-order valence-electron chi connectivity index (χ3n) is 4.26. The normalized spacial score (nSPS) is 10.8. The summed E-state index contributed by atoms with van der Waals surface area (Å²) in [5, 5.41) is 4.36. The van der Waals surface area contributed by atoms with Gasteiger partial charge in [0.25, 0.3) is 0 Å². The Labute approximate surface area is 150 Å². The highest BCUT2D eigenvalue weighted by atomic mass is 15.8. The van der Waals surface area contributed by atoms with Crippen LogP contribution in [0.15, 0.2) is 91.0 Å². The minimum atomic E-state index is 0.798. The van der Waals surface area contributed by atoms with Crippen molar-refractivity contribution in [3.63, 3.8) is 0 Å². The number of hydrogen-bond acceptors (Lipinski definition) is 3. The summed E-state index contributed by atoms with van der Waals surface area (Å²) in [4.78, 5) is 0. The smallest absolute Gasteiger partial charge is 0.0532 e. The third kappa shape index (κ3) is 5.18. The topological polar surface area (TPSA) is 18.5 Å². The van der Waals surface area contributed by atoms with Crippen LogP contribution in [0.2, 0.25) is 0 Å². The molecule has 0 aromatic heterocycles. The number of hydrazine groups is 2. The Bertz CT molecular complexity index is 685. The number of benzene rings is 3. The summed E-state index contributed by atoms with van der Waals surface area (Å²) in [6.07, 6.45) is 0.986. The maximum Gasteiger partial charge on any atom is 0.0532 e. The van der Waals surface area contributed by atoms with Crippen molar-refractivity contribution in [2.45, 2.75) is 13.0 Å². The van der Waals surface area contributed by atoms with Crippen LogP contribution in [0.5, 0.6) is 0 Å². The van der Waals surface area contributed by atoms with Crippen LogP contribution in [0, 0.1) is 0 Å². The van der Waals surface area contributed by atoms with E-state index in [1.54, 1.807) is 0 Å². The molecule has 3 nitrogen and oxygen atoms in total. The molecule has 1 N–H and O–H groups in total. The van der Waals surface area contributed by atoms with Gasteiger partial charge in [0.05, 0.1) is 5.69 Å². The van der Waals surface area contributed by atoms with Crippen molar-refractivity contribution in [1.29, 1.82) is 0 Å². The highest BCUT2D eigenvalue weighted by molar-refractivity contribution is 5.43. The molecule has 0 aliphatic rings. The number of nitrogens with one attached hydrogen (secondary N) is 1. The molecule has 0 saturated heterocycles. The van der Waals surface area contributed by atoms with Crippen LogP contribution >= 0.6 is 0 Å². The Hall–Kier alpha value is -2.62. The molecule has 0 unspecified atom stereocenters. The van der Waals surface area contributed by atoms with Gasteiger partial charge < -0.3 is 0 Å². The standard InChI is InChI=1S/C22H25N3/c1-24(22-15-9-4-10-16-22)25(18-17-20-11-5-2-6-12-20)23-19-21-13-7-3-8-14-21/h2-16,23H,17-19H2,1H3. The molecule has 3 rings (SSSR count). The molecule has 0 spiro atoms. The number of hydrogen-bond donors (Lipinski definition) is 1. The number of anilines is 1. The Morgan fingerprint density at radius 3 is 1.80 bits per heavy atom. The Kier molecular flexibility index (Phi) is 6.21. The van der Waals surface area contributed by atoms with E-state index in [1.165, 1.54) is 11.1 Å². The maximum absolute atomic E-state index is 3.56. The second-order valence-electron chi connectivity index (χ2n) is 6.04. The minimum Gasteiger partial charge on any atom is -0.296 e. The molecule has 0 heterocycles. The van der Waals surface area contributed by atoms with Gasteiger partial charge in [-0.15, -0.1) is 0 Å². The quantitative estimate of drug-likeness (QED) is 0.621. The van der Waals surface area contributed by atoms with Gasteiger partial charge in [-0.05, 0) is 29.7 Å². The van der Waals surface area contributed by atoms with Gasteiger partial charge in [0.1, 0.15) is 0 Å². The zero-order valence-corrected chi connectivity index (χ0v) is 14.7. The summed E-state index contributed by atoms with van der Waals surface area (Å²) in [6.45, 7) is 1.69. The van der Waals surface area contributed by atoms with Crippen LogP contribution in [0.1, 0.15) is 11.1 Å². The van der Waals surface area contributed by atoms with Crippen molar-refractivity contribution in [2.24, 2.45) is 0 Å². The molecule has 25 heavy (non-hydrogen) atoms. The highest BCUT2D eigenvalue weighted by Gasteiger charge is 2.12. The number of para-hydroxylation sites is 1. The lowest BCUT2D eigenvalue weighted by molar-refractivity contribution is 0.176. The predicted octanol–water partition coefficient (Wildman–Crippen LogP) is 4.29. The molecule has 3 aromatic carbocycles. The maximum atomic E-state index is 3.56. The van der Waals surface area contributed by atoms with E-state index in [2.05, 4.69) is 101 Å². The first kappa shape index (κ1) is 17.2. The van der Waals surface area contributed by atoms with Crippen LogP contribution in [0.4, 0.5) is 5.69 Å². The zero-order chi connectivity index (χ0) is 17.3. The van der Waals surface area contributed by atoms with Crippen LogP contribution in [-0.2, 0) is 13.0 Å². The van der Waals surface area contributed by atoms with E-state index in [0.717, 1.165) is 25.2 Å². The lowest BCUT2D eigenvalue weighted by Crippen LogP contribution is -2.50. The Balaban J connectivity index is 1.68. The average Bonchev–Trinajstić information content (AvgIpc) is 2.70. The lowest BCUT2D eigenvalue weighted by Gasteiger charge is -2.34. The second kappa shape index (κ2) is 9.02. The first-order chi connectivity index (χ1) is 12.3. The van der Waals surface area contributed by atoms with Crippen LogP contribution < -0.4 is 10.4 Å². The van der Waals surface area contributed by atoms with Crippen molar-refractivity contribution in [3.05, 3.63) is 102 Å². The van der Waals surface area contributed by atoms with Crippen molar-refractivity contribution < 1.29 is 0 Å². The van der Waals surface area contributed by atoms with Crippen LogP contribution in [0.25, 0.3) is 0 Å². The third-order valence-corrected chi connectivity index (χ3v) is 4.26. The van der Waals surface area contributed by atoms with Gasteiger partial charge in [-0.1, -0.05) is 78.9 Å². The van der Waals surface area contributed by atoms with Crippen molar-refractivity contribution >= 4 is 5.69 Å². The first-order valence-electron chi connectivity index (χ1n) is 8.70. The minimum absolute atomic E-state index is 0.798. The molecule has 0 amide bonds. The van der Waals surface area contributed by atoms with Gasteiger partial charge in [-0.3, -0.25) is 5.01 Å². The van der Waals surface area contributed by atoms with E-state index in [9.17, 15) is 0 Å². The number of nitrogens with zero attached hydrogens (tertiary/aromatic N) is 2. The molecule has 0 bridgehead atoms. The fourth-order valence-electron chi connectivity index (χ4n) is 2.78. The Morgan fingerprint density at radius 2 is 1.20 bits per heavy atom. The first-order valence-corrected chi connectivity index (χ1v) is 8.70. The summed E-state index contributed by atoms with van der Waals surface area (Å²) < 4.78 is 0. The fourth-order valence-corrected chi connectivity index (χ4v) is 2.78. The molecule has 0 aliphatic heterocycles. The van der Waals surface area contributed by atoms with Gasteiger partial charge in [-0.2, -0.15) is 5.12 Å². The second-order valence-corrected chi connectivity index (χ2v) is 6.04. The SMILES string of the molecule is CN(c1ccccc1)N(CCc1ccccc1)NCc1ccccc1. The molecule has 0 radical (unpaired) electrons. The molecule has 0 aliphatic carbocycles. The van der Waals surface area contributed by atoms with E-state index in [0.29, 0.717) is 0 Å². The van der Waals surface area contributed by atoms with Gasteiger partial charge in [-0.25, -0.2) is 5.43 Å². The van der Waals surface area contributed by atoms with Gasteiger partial charge in [0.15, 0.2) is 0 Å². The molecule has 3 heteroatoms. The summed E-state index contributed by atoms with van der Waals surface area (Å²) in [7, 11) is 2.10. The molecular weight excluding hydrogens is 306 g/mol. The van der Waals surface area contributed by atoms with Crippen molar-refractivity contribution in [2.75, 3.05) is 18.6 Å². The molecule has 128 valence electrons. The van der Waals surface area contributed by atoms with Crippen LogP contribution in [-0.4, -0.2) is 18.7 Å². The monoisotopic (exact) mass is 331 g/mol. The van der Waals surface area contributed by atoms with E-state index in [1.807, 2.05) is 12.1 Å². The summed E-state index contributed by atoms with van der Waals surface area (Å²) in [5.74, 6) is 0. The van der Waals surface area contributed by atoms with Crippen molar-refractivity contribution in [1.82, 2.24) is 10.5 Å². The predicted molar refractivity (Wildman–Crippen MR) is 105 cm³/mol. The van der Waals surface area contributed by atoms with Gasteiger partial charge in [0, 0.05) is 20.1 Å². The molecule has 0 saturated carbocycles. The summed E-state index contributed by atoms with van der Waals surface area (Å²) in [5.41, 5.74) is 7.34. The Morgan fingerprint density at radius 1 is 0.680 bits per heavy atom. The molecule has 0 atom stereocenters. The average molecular weight is 331 g/mol. The van der Waals surface area contributed by atoms with E-state index in [4.69, 9.17) is 0 Å². The van der Waals surface area contributed by atoms with Crippen LogP contribution in [0.3, 0.4) is 0 Å². The van der Waals surface area contributed by atoms with Gasteiger partial charge in [0.2, 0.25) is 0 Å². The molecule has 3 aromatic rings. The molecule has 0 fully saturated rings. The highest BCUT2D eigenvalue weighted by Crippen LogP contribution is 2.13. The summed E-state index contributed by atoms with van der Waals surface area (Å²) in [6, 6.07) is 31.5. The van der Waals surface area contributed by atoms with E-state index in [-0.39, 0.29) is 0 Å². The van der Waals surface area contributed by atoms with Crippen molar-refractivity contribution in [3.8, 4) is 0 Å².